The summed E-state index contributed by atoms with van der Waals surface area (Å²) in [7, 11) is 1.57. The van der Waals surface area contributed by atoms with Gasteiger partial charge in [0, 0.05) is 12.1 Å². The van der Waals surface area contributed by atoms with Gasteiger partial charge in [0.2, 0.25) is 0 Å². The molecule has 8 heteroatoms. The Balaban J connectivity index is 1.79. The average Bonchev–Trinajstić information content (AvgIpc) is 2.91. The molecular weight excluding hydrogens is 368 g/mol. The number of rotatable bonds is 5. The lowest BCUT2D eigenvalue weighted by Crippen LogP contribution is -2.27. The van der Waals surface area contributed by atoms with Gasteiger partial charge in [0.25, 0.3) is 16.8 Å². The minimum atomic E-state index is -0.498. The highest BCUT2D eigenvalue weighted by molar-refractivity contribution is 8.18. The molecule has 1 heterocycles. The topological polar surface area (TPSA) is 89.8 Å². The number of ether oxygens (including phenoxy) is 1. The number of hydrogen-bond acceptors (Lipinski definition) is 6. The van der Waals surface area contributed by atoms with Crippen LogP contribution in [-0.2, 0) is 11.3 Å². The molecule has 2 amide bonds. The second-order valence-corrected chi connectivity index (χ2v) is 6.91. The van der Waals surface area contributed by atoms with E-state index >= 15 is 0 Å². The number of nitro benzene ring substituents is 1. The maximum Gasteiger partial charge on any atom is 0.293 e. The van der Waals surface area contributed by atoms with Crippen molar-refractivity contribution in [3.8, 4) is 5.75 Å². The van der Waals surface area contributed by atoms with Crippen molar-refractivity contribution in [3.05, 3.63) is 74.2 Å². The molecule has 2 aromatic carbocycles. The van der Waals surface area contributed by atoms with Crippen LogP contribution in [0.3, 0.4) is 0 Å². The number of imide groups is 1. The SMILES string of the molecule is COc1cc(/C=C2/SC(=O)N(Cc3ccc([N+](=O)[O-])cc3)C2=O)ccc1C. The Morgan fingerprint density at radius 2 is 1.89 bits per heavy atom. The largest absolute Gasteiger partial charge is 0.496 e. The normalized spacial score (nSPS) is 15.5. The maximum absolute atomic E-state index is 12.6. The number of thioether (sulfide) groups is 1. The molecule has 0 unspecified atom stereocenters. The van der Waals surface area contributed by atoms with Gasteiger partial charge in [0.15, 0.2) is 0 Å². The van der Waals surface area contributed by atoms with Crippen molar-refractivity contribution in [2.24, 2.45) is 0 Å². The summed E-state index contributed by atoms with van der Waals surface area (Å²) < 4.78 is 5.28. The van der Waals surface area contributed by atoms with E-state index in [1.165, 1.54) is 24.3 Å². The minimum absolute atomic E-state index is 0.0406. The molecule has 0 spiro atoms. The molecule has 1 aliphatic heterocycles. The first kappa shape index (κ1) is 18.7. The summed E-state index contributed by atoms with van der Waals surface area (Å²) in [4.78, 5) is 36.5. The third-order valence-corrected chi connectivity index (χ3v) is 5.00. The Morgan fingerprint density at radius 3 is 2.52 bits per heavy atom. The number of nitro groups is 1. The molecule has 138 valence electrons. The predicted octanol–water partition coefficient (Wildman–Crippen LogP) is 4.15. The van der Waals surface area contributed by atoms with Crippen molar-refractivity contribution in [2.45, 2.75) is 13.5 Å². The molecule has 2 aromatic rings. The smallest absolute Gasteiger partial charge is 0.293 e. The second kappa shape index (κ2) is 7.63. The van der Waals surface area contributed by atoms with Gasteiger partial charge in [-0.25, -0.2) is 0 Å². The third-order valence-electron chi connectivity index (χ3n) is 4.09. The van der Waals surface area contributed by atoms with Gasteiger partial charge in [-0.3, -0.25) is 24.6 Å². The van der Waals surface area contributed by atoms with Gasteiger partial charge < -0.3 is 4.74 Å². The first-order valence-electron chi connectivity index (χ1n) is 8.02. The number of nitrogens with zero attached hydrogens (tertiary/aromatic N) is 2. The predicted molar refractivity (Wildman–Crippen MR) is 102 cm³/mol. The Hall–Kier alpha value is -3.13. The van der Waals surface area contributed by atoms with Crippen molar-refractivity contribution in [1.29, 1.82) is 0 Å². The van der Waals surface area contributed by atoms with Crippen LogP contribution in [0.25, 0.3) is 6.08 Å². The molecule has 3 rings (SSSR count). The fourth-order valence-corrected chi connectivity index (χ4v) is 3.46. The molecular formula is C19H16N2O5S. The summed E-state index contributed by atoms with van der Waals surface area (Å²) in [5, 5.41) is 10.3. The van der Waals surface area contributed by atoms with Crippen LogP contribution in [0.15, 0.2) is 47.4 Å². The van der Waals surface area contributed by atoms with Crippen molar-refractivity contribution in [1.82, 2.24) is 4.90 Å². The van der Waals surface area contributed by atoms with Crippen molar-refractivity contribution >= 4 is 34.7 Å². The maximum atomic E-state index is 12.6. The Morgan fingerprint density at radius 1 is 1.19 bits per heavy atom. The van der Waals surface area contributed by atoms with Crippen LogP contribution in [0.2, 0.25) is 0 Å². The summed E-state index contributed by atoms with van der Waals surface area (Å²) in [6, 6.07) is 11.3. The van der Waals surface area contributed by atoms with Crippen LogP contribution in [0.5, 0.6) is 5.75 Å². The number of carbonyl (C=O) groups is 2. The van der Waals surface area contributed by atoms with E-state index in [1.807, 2.05) is 19.1 Å². The quantitative estimate of drug-likeness (QED) is 0.437. The summed E-state index contributed by atoms with van der Waals surface area (Å²) in [5.74, 6) is 0.316. The van der Waals surface area contributed by atoms with Crippen molar-refractivity contribution < 1.29 is 19.2 Å². The fraction of sp³-hybridized carbons (Fsp3) is 0.158. The van der Waals surface area contributed by atoms with Crippen LogP contribution in [0, 0.1) is 17.0 Å². The fourth-order valence-electron chi connectivity index (χ4n) is 2.62. The third kappa shape index (κ3) is 4.01. The number of benzene rings is 2. The van der Waals surface area contributed by atoms with E-state index in [4.69, 9.17) is 4.74 Å². The number of amides is 2. The van der Waals surface area contributed by atoms with Crippen LogP contribution >= 0.6 is 11.8 Å². The molecule has 0 saturated carbocycles. The van der Waals surface area contributed by atoms with Crippen LogP contribution in [0.1, 0.15) is 16.7 Å². The lowest BCUT2D eigenvalue weighted by Gasteiger charge is -2.12. The molecule has 0 bridgehead atoms. The zero-order valence-corrected chi connectivity index (χ0v) is 15.5. The molecule has 0 aromatic heterocycles. The highest BCUT2D eigenvalue weighted by atomic mass is 32.2. The van der Waals surface area contributed by atoms with E-state index in [1.54, 1.807) is 19.3 Å². The van der Waals surface area contributed by atoms with Gasteiger partial charge in [0.05, 0.1) is 23.5 Å². The van der Waals surface area contributed by atoms with Crippen LogP contribution in [0.4, 0.5) is 10.5 Å². The standard InChI is InChI=1S/C19H16N2O5S/c1-12-3-4-14(9-16(12)26-2)10-17-18(22)20(19(23)27-17)11-13-5-7-15(8-6-13)21(24)25/h3-10H,11H2,1-2H3/b17-10+. The molecule has 7 nitrogen and oxygen atoms in total. The zero-order valence-electron chi connectivity index (χ0n) is 14.7. The first-order valence-corrected chi connectivity index (χ1v) is 8.84. The molecule has 0 N–H and O–H groups in total. The zero-order chi connectivity index (χ0) is 19.6. The highest BCUT2D eigenvalue weighted by Crippen LogP contribution is 2.34. The average molecular weight is 384 g/mol. The second-order valence-electron chi connectivity index (χ2n) is 5.92. The van der Waals surface area contributed by atoms with Gasteiger partial charge in [-0.1, -0.05) is 24.3 Å². The summed E-state index contributed by atoms with van der Waals surface area (Å²) in [6.07, 6.45) is 1.66. The first-order chi connectivity index (χ1) is 12.9. The number of hydrogen-bond donors (Lipinski definition) is 0. The van der Waals surface area contributed by atoms with E-state index in [0.717, 1.165) is 27.8 Å². The van der Waals surface area contributed by atoms with Crippen molar-refractivity contribution in [2.75, 3.05) is 7.11 Å². The molecule has 1 fully saturated rings. The number of non-ortho nitro benzene ring substituents is 1. The van der Waals surface area contributed by atoms with Crippen molar-refractivity contribution in [3.63, 3.8) is 0 Å². The summed E-state index contributed by atoms with van der Waals surface area (Å²) in [5.41, 5.74) is 2.33. The van der Waals surface area contributed by atoms with E-state index < -0.39 is 4.92 Å². The number of aryl methyl sites for hydroxylation is 1. The van der Waals surface area contributed by atoms with Crippen LogP contribution in [-0.4, -0.2) is 28.1 Å². The summed E-state index contributed by atoms with van der Waals surface area (Å²) in [6.45, 7) is 1.98. The Kier molecular flexibility index (Phi) is 5.27. The molecule has 1 aliphatic rings. The van der Waals surface area contributed by atoms with Gasteiger partial charge >= 0.3 is 0 Å². The lowest BCUT2D eigenvalue weighted by atomic mass is 10.1. The Bertz CT molecular complexity index is 953. The molecule has 0 radical (unpaired) electrons. The van der Waals surface area contributed by atoms with Gasteiger partial charge in [-0.05, 0) is 47.5 Å². The van der Waals surface area contributed by atoms with Gasteiger partial charge in [0.1, 0.15) is 5.75 Å². The van der Waals surface area contributed by atoms with E-state index in [9.17, 15) is 19.7 Å². The monoisotopic (exact) mass is 384 g/mol. The lowest BCUT2D eigenvalue weighted by molar-refractivity contribution is -0.384. The number of carbonyl (C=O) groups excluding carboxylic acids is 2. The van der Waals surface area contributed by atoms with E-state index in [-0.39, 0.29) is 23.4 Å². The number of methoxy groups -OCH3 is 1. The highest BCUT2D eigenvalue weighted by Gasteiger charge is 2.35. The van der Waals surface area contributed by atoms with Gasteiger partial charge in [-0.2, -0.15) is 0 Å². The molecule has 1 saturated heterocycles. The van der Waals surface area contributed by atoms with Gasteiger partial charge in [-0.15, -0.1) is 0 Å². The summed E-state index contributed by atoms with van der Waals surface area (Å²) >= 11 is 0.871. The molecule has 0 atom stereocenters. The molecule has 27 heavy (non-hydrogen) atoms. The Labute approximate surface area is 159 Å². The molecule has 0 aliphatic carbocycles. The minimum Gasteiger partial charge on any atom is -0.496 e. The van der Waals surface area contributed by atoms with Crippen LogP contribution < -0.4 is 4.74 Å². The van der Waals surface area contributed by atoms with E-state index in [0.29, 0.717) is 16.2 Å². The van der Waals surface area contributed by atoms with E-state index in [2.05, 4.69) is 0 Å².